The zero-order valence-electron chi connectivity index (χ0n) is 15.8. The van der Waals surface area contributed by atoms with Crippen LogP contribution >= 0.6 is 12.4 Å². The van der Waals surface area contributed by atoms with E-state index in [-0.39, 0.29) is 18.2 Å². The molecule has 6 heteroatoms. The Balaban J connectivity index is 0.00000210. The number of rotatable bonds is 6. The summed E-state index contributed by atoms with van der Waals surface area (Å²) in [4.78, 5) is 7.08. The number of aryl methyl sites for hydroxylation is 1. The van der Waals surface area contributed by atoms with Crippen molar-refractivity contribution in [2.24, 2.45) is 12.5 Å². The van der Waals surface area contributed by atoms with Crippen LogP contribution in [0.25, 0.3) is 6.08 Å². The topological polar surface area (TPSA) is 33.1 Å². The molecule has 1 atom stereocenters. The van der Waals surface area contributed by atoms with E-state index >= 15 is 0 Å². The normalized spacial score (nSPS) is 20.9. The summed E-state index contributed by atoms with van der Waals surface area (Å²) in [5.41, 5.74) is 1.54. The molecular formula is C21H28ClFN4. The predicted octanol–water partition coefficient (Wildman–Crippen LogP) is 3.64. The monoisotopic (exact) mass is 390 g/mol. The minimum absolute atomic E-state index is 0. The van der Waals surface area contributed by atoms with Gasteiger partial charge in [0.25, 0.3) is 0 Å². The lowest BCUT2D eigenvalue weighted by Crippen LogP contribution is -2.36. The van der Waals surface area contributed by atoms with Crippen LogP contribution in [-0.2, 0) is 13.6 Å². The molecule has 1 unspecified atom stereocenters. The molecule has 1 spiro atoms. The van der Waals surface area contributed by atoms with Crippen LogP contribution in [0.15, 0.2) is 42.7 Å². The maximum absolute atomic E-state index is 13.1. The summed E-state index contributed by atoms with van der Waals surface area (Å²) >= 11 is 0. The van der Waals surface area contributed by atoms with Crippen molar-refractivity contribution in [3.05, 3.63) is 59.9 Å². The molecule has 1 saturated carbocycles. The molecule has 1 aliphatic heterocycles. The number of benzene rings is 1. The molecule has 1 aromatic carbocycles. The standard InChI is InChI=1S/C21H27FN4.ClH/c1-25-14-12-24-20(25)16-26(19-15-21(19)8-10-23-11-9-21)13-2-3-17-4-6-18(22)7-5-17;/h2-7,12,14,19,23H,8-11,13,15-16H2,1H3;1H/b3-2-;. The number of aromatic nitrogens is 2. The Morgan fingerprint density at radius 3 is 2.70 bits per heavy atom. The third kappa shape index (κ3) is 4.60. The van der Waals surface area contributed by atoms with Gasteiger partial charge in [-0.2, -0.15) is 0 Å². The first kappa shape index (κ1) is 20.1. The van der Waals surface area contributed by atoms with Crippen molar-refractivity contribution in [3.8, 4) is 0 Å². The van der Waals surface area contributed by atoms with Gasteiger partial charge in [0.05, 0.1) is 6.54 Å². The van der Waals surface area contributed by atoms with Gasteiger partial charge in [-0.25, -0.2) is 9.37 Å². The van der Waals surface area contributed by atoms with Crippen molar-refractivity contribution < 1.29 is 4.39 Å². The second kappa shape index (κ2) is 8.55. The van der Waals surface area contributed by atoms with Gasteiger partial charge in [-0.15, -0.1) is 12.4 Å². The Morgan fingerprint density at radius 1 is 1.30 bits per heavy atom. The van der Waals surface area contributed by atoms with Gasteiger partial charge in [0.15, 0.2) is 0 Å². The summed E-state index contributed by atoms with van der Waals surface area (Å²) in [6.07, 6.45) is 12.0. The van der Waals surface area contributed by atoms with Crippen molar-refractivity contribution in [1.82, 2.24) is 19.8 Å². The Labute approximate surface area is 166 Å². The highest BCUT2D eigenvalue weighted by Gasteiger charge is 2.56. The number of nitrogens with zero attached hydrogens (tertiary/aromatic N) is 3. The minimum Gasteiger partial charge on any atom is -0.337 e. The first-order valence-electron chi connectivity index (χ1n) is 9.49. The Hall–Kier alpha value is -1.69. The average molecular weight is 391 g/mol. The van der Waals surface area contributed by atoms with Gasteiger partial charge in [-0.05, 0) is 55.5 Å². The summed E-state index contributed by atoms with van der Waals surface area (Å²) in [6.45, 7) is 4.04. The summed E-state index contributed by atoms with van der Waals surface area (Å²) < 4.78 is 15.2. The molecule has 2 aromatic rings. The van der Waals surface area contributed by atoms with E-state index in [2.05, 4.69) is 39.0 Å². The number of halogens is 2. The van der Waals surface area contributed by atoms with Gasteiger partial charge in [-0.3, -0.25) is 4.90 Å². The van der Waals surface area contributed by atoms with Gasteiger partial charge in [0.1, 0.15) is 11.6 Å². The molecule has 27 heavy (non-hydrogen) atoms. The quantitative estimate of drug-likeness (QED) is 0.817. The zero-order chi connectivity index (χ0) is 18.0. The minimum atomic E-state index is -0.190. The fraction of sp³-hybridized carbons (Fsp3) is 0.476. The maximum atomic E-state index is 13.1. The SMILES string of the molecule is Cl.Cn1ccnc1CN(C/C=C\c1ccc(F)cc1)C1CC12CCNCC2. The molecule has 2 aliphatic rings. The number of piperidine rings is 1. The Kier molecular flexibility index (Phi) is 6.35. The van der Waals surface area contributed by atoms with Crippen LogP contribution in [0.1, 0.15) is 30.7 Å². The van der Waals surface area contributed by atoms with E-state index in [1.807, 2.05) is 24.5 Å². The lowest BCUT2D eigenvalue weighted by molar-refractivity contribution is 0.207. The maximum Gasteiger partial charge on any atom is 0.123 e. The summed E-state index contributed by atoms with van der Waals surface area (Å²) in [5, 5.41) is 3.48. The molecule has 2 heterocycles. The van der Waals surface area contributed by atoms with E-state index in [0.717, 1.165) is 37.6 Å². The molecule has 2 fully saturated rings. The molecule has 146 valence electrons. The van der Waals surface area contributed by atoms with E-state index in [1.165, 1.54) is 31.4 Å². The molecule has 4 rings (SSSR count). The summed E-state index contributed by atoms with van der Waals surface area (Å²) in [6, 6.07) is 7.30. The van der Waals surface area contributed by atoms with Gasteiger partial charge in [0, 0.05) is 32.0 Å². The van der Waals surface area contributed by atoms with E-state index in [4.69, 9.17) is 0 Å². The molecule has 1 saturated heterocycles. The van der Waals surface area contributed by atoms with Crippen LogP contribution in [0.5, 0.6) is 0 Å². The van der Waals surface area contributed by atoms with E-state index < -0.39 is 0 Å². The van der Waals surface area contributed by atoms with Crippen molar-refractivity contribution in [3.63, 3.8) is 0 Å². The number of hydrogen-bond donors (Lipinski definition) is 1. The zero-order valence-corrected chi connectivity index (χ0v) is 16.6. The van der Waals surface area contributed by atoms with Crippen LogP contribution in [-0.4, -0.2) is 40.1 Å². The molecule has 0 radical (unpaired) electrons. The molecule has 0 bridgehead atoms. The van der Waals surface area contributed by atoms with Crippen LogP contribution in [0.3, 0.4) is 0 Å². The highest BCUT2D eigenvalue weighted by Crippen LogP contribution is 2.55. The fourth-order valence-corrected chi connectivity index (χ4v) is 4.24. The van der Waals surface area contributed by atoms with E-state index in [9.17, 15) is 4.39 Å². The highest BCUT2D eigenvalue weighted by atomic mass is 35.5. The van der Waals surface area contributed by atoms with Crippen molar-refractivity contribution in [2.75, 3.05) is 19.6 Å². The lowest BCUT2D eigenvalue weighted by Gasteiger charge is -2.28. The fourth-order valence-electron chi connectivity index (χ4n) is 4.24. The number of nitrogens with one attached hydrogen (secondary N) is 1. The molecule has 1 aliphatic carbocycles. The van der Waals surface area contributed by atoms with Gasteiger partial charge in [-0.1, -0.05) is 24.3 Å². The van der Waals surface area contributed by atoms with Gasteiger partial charge < -0.3 is 9.88 Å². The second-order valence-corrected chi connectivity index (χ2v) is 7.67. The van der Waals surface area contributed by atoms with Crippen LogP contribution in [0.4, 0.5) is 4.39 Å². The molecule has 4 nitrogen and oxygen atoms in total. The van der Waals surface area contributed by atoms with Crippen molar-refractivity contribution in [1.29, 1.82) is 0 Å². The first-order chi connectivity index (χ1) is 12.7. The number of imidazole rings is 1. The van der Waals surface area contributed by atoms with Crippen LogP contribution in [0, 0.1) is 11.2 Å². The average Bonchev–Trinajstić information content (AvgIpc) is 3.17. The molecule has 1 N–H and O–H groups in total. The second-order valence-electron chi connectivity index (χ2n) is 7.67. The largest absolute Gasteiger partial charge is 0.337 e. The van der Waals surface area contributed by atoms with Gasteiger partial charge >= 0.3 is 0 Å². The smallest absolute Gasteiger partial charge is 0.123 e. The highest BCUT2D eigenvalue weighted by molar-refractivity contribution is 5.85. The first-order valence-corrected chi connectivity index (χ1v) is 9.49. The van der Waals surface area contributed by atoms with Crippen LogP contribution < -0.4 is 5.32 Å². The Morgan fingerprint density at radius 2 is 2.04 bits per heavy atom. The molecular weight excluding hydrogens is 363 g/mol. The summed E-state index contributed by atoms with van der Waals surface area (Å²) in [5.74, 6) is 0.917. The van der Waals surface area contributed by atoms with Crippen molar-refractivity contribution in [2.45, 2.75) is 31.8 Å². The van der Waals surface area contributed by atoms with Gasteiger partial charge in [0.2, 0.25) is 0 Å². The molecule has 1 aromatic heterocycles. The predicted molar refractivity (Wildman–Crippen MR) is 109 cm³/mol. The Bertz CT molecular complexity index is 765. The van der Waals surface area contributed by atoms with Crippen LogP contribution in [0.2, 0.25) is 0 Å². The van der Waals surface area contributed by atoms with Crippen molar-refractivity contribution >= 4 is 18.5 Å². The third-order valence-corrected chi connectivity index (χ3v) is 5.97. The summed E-state index contributed by atoms with van der Waals surface area (Å²) in [7, 11) is 2.06. The van der Waals surface area contributed by atoms with E-state index in [1.54, 1.807) is 0 Å². The lowest BCUT2D eigenvalue weighted by atomic mass is 9.93. The molecule has 0 amide bonds. The van der Waals surface area contributed by atoms with E-state index in [0.29, 0.717) is 11.5 Å². The third-order valence-electron chi connectivity index (χ3n) is 5.97. The number of hydrogen-bond acceptors (Lipinski definition) is 3.